The van der Waals surface area contributed by atoms with E-state index in [1.807, 2.05) is 18.2 Å². The van der Waals surface area contributed by atoms with Gasteiger partial charge in [0.15, 0.2) is 5.16 Å². The van der Waals surface area contributed by atoms with Gasteiger partial charge in [-0.05, 0) is 23.0 Å². The number of methoxy groups -OCH3 is 1. The molecule has 0 saturated carbocycles. The fraction of sp³-hybridized carbons (Fsp3) is 0.429. The summed E-state index contributed by atoms with van der Waals surface area (Å²) in [6.07, 6.45) is -0.0975. The second kappa shape index (κ2) is 10.2. The highest BCUT2D eigenvalue weighted by Gasteiger charge is 2.16. The van der Waals surface area contributed by atoms with Crippen LogP contribution in [0.25, 0.3) is 0 Å². The van der Waals surface area contributed by atoms with E-state index in [-0.39, 0.29) is 40.6 Å². The van der Waals surface area contributed by atoms with Crippen molar-refractivity contribution in [2.75, 3.05) is 18.2 Å². The first-order valence-corrected chi connectivity index (χ1v) is 10.4. The molecule has 0 radical (unpaired) electrons. The normalized spacial score (nSPS) is 11.0. The molecular formula is C21H27N3O4S. The summed E-state index contributed by atoms with van der Waals surface area (Å²) in [4.78, 5) is 42.6. The molecule has 0 spiro atoms. The Morgan fingerprint density at radius 2 is 1.79 bits per heavy atom. The van der Waals surface area contributed by atoms with E-state index in [4.69, 9.17) is 0 Å². The van der Waals surface area contributed by atoms with Crippen molar-refractivity contribution < 1.29 is 14.3 Å². The van der Waals surface area contributed by atoms with Crippen molar-refractivity contribution in [3.63, 3.8) is 0 Å². The van der Waals surface area contributed by atoms with Crippen LogP contribution in [0.2, 0.25) is 0 Å². The van der Waals surface area contributed by atoms with Crippen LogP contribution in [0.4, 0.5) is 5.69 Å². The number of esters is 1. The van der Waals surface area contributed by atoms with Crippen molar-refractivity contribution in [2.45, 2.75) is 51.1 Å². The second-order valence-corrected chi connectivity index (χ2v) is 8.22. The average molecular weight is 418 g/mol. The Hall–Kier alpha value is -2.61. The molecule has 1 aromatic carbocycles. The summed E-state index contributed by atoms with van der Waals surface area (Å²) >= 11 is 1.11. The summed E-state index contributed by atoms with van der Waals surface area (Å²) < 4.78 is 4.60. The van der Waals surface area contributed by atoms with E-state index in [0.29, 0.717) is 5.69 Å². The number of aromatic amines is 1. The van der Waals surface area contributed by atoms with E-state index in [9.17, 15) is 14.4 Å². The molecular weight excluding hydrogens is 390 g/mol. The van der Waals surface area contributed by atoms with Crippen LogP contribution in [0.3, 0.4) is 0 Å². The van der Waals surface area contributed by atoms with Gasteiger partial charge in [0, 0.05) is 11.8 Å². The monoisotopic (exact) mass is 417 g/mol. The van der Waals surface area contributed by atoms with Gasteiger partial charge in [0.2, 0.25) is 5.91 Å². The molecule has 0 aliphatic rings. The summed E-state index contributed by atoms with van der Waals surface area (Å²) in [5.41, 5.74) is 2.94. The van der Waals surface area contributed by atoms with Gasteiger partial charge >= 0.3 is 5.97 Å². The quantitative estimate of drug-likeness (QED) is 0.387. The van der Waals surface area contributed by atoms with Gasteiger partial charge in [0.25, 0.3) is 5.56 Å². The van der Waals surface area contributed by atoms with E-state index in [1.54, 1.807) is 0 Å². The number of nitrogens with zero attached hydrogens (tertiary/aromatic N) is 1. The van der Waals surface area contributed by atoms with Gasteiger partial charge in [-0.15, -0.1) is 0 Å². The number of aromatic nitrogens is 2. The molecule has 0 unspecified atom stereocenters. The summed E-state index contributed by atoms with van der Waals surface area (Å²) in [5, 5.41) is 3.31. The Morgan fingerprint density at radius 3 is 2.34 bits per heavy atom. The second-order valence-electron chi connectivity index (χ2n) is 7.25. The first-order chi connectivity index (χ1) is 13.7. The maximum absolute atomic E-state index is 12.6. The molecule has 0 fully saturated rings. The Kier molecular flexibility index (Phi) is 8.01. The summed E-state index contributed by atoms with van der Waals surface area (Å²) in [6.45, 7) is 8.35. The van der Waals surface area contributed by atoms with E-state index >= 15 is 0 Å². The van der Waals surface area contributed by atoms with Gasteiger partial charge in [0.1, 0.15) is 0 Å². The maximum Gasteiger partial charge on any atom is 0.311 e. The van der Waals surface area contributed by atoms with Crippen LogP contribution >= 0.6 is 11.8 Å². The lowest BCUT2D eigenvalue weighted by Crippen LogP contribution is -2.19. The summed E-state index contributed by atoms with van der Waals surface area (Å²) in [6, 6.07) is 7.30. The predicted octanol–water partition coefficient (Wildman–Crippen LogP) is 3.46. The summed E-state index contributed by atoms with van der Waals surface area (Å²) in [5.74, 6) is -0.0575. The van der Waals surface area contributed by atoms with Gasteiger partial charge < -0.3 is 15.0 Å². The van der Waals surface area contributed by atoms with Crippen LogP contribution in [-0.4, -0.2) is 34.7 Å². The topological polar surface area (TPSA) is 101 Å². The minimum Gasteiger partial charge on any atom is -0.469 e. The highest BCUT2D eigenvalue weighted by molar-refractivity contribution is 7.99. The molecule has 0 atom stereocenters. The minimum absolute atomic E-state index is 0.0780. The Bertz CT molecular complexity index is 912. The van der Waals surface area contributed by atoms with E-state index < -0.39 is 5.97 Å². The minimum atomic E-state index is -0.483. The lowest BCUT2D eigenvalue weighted by molar-refractivity contribution is -0.139. The van der Waals surface area contributed by atoms with Crippen LogP contribution in [-0.2, 0) is 20.7 Å². The fourth-order valence-corrected chi connectivity index (χ4v) is 3.56. The van der Waals surface area contributed by atoms with Crippen LogP contribution in [0.15, 0.2) is 34.2 Å². The van der Waals surface area contributed by atoms with Crippen molar-refractivity contribution in [1.82, 2.24) is 9.97 Å². The van der Waals surface area contributed by atoms with Crippen molar-refractivity contribution in [3.05, 3.63) is 51.4 Å². The van der Waals surface area contributed by atoms with Gasteiger partial charge in [-0.3, -0.25) is 14.4 Å². The number of ether oxygens (including phenoxy) is 1. The number of H-pyrrole nitrogens is 1. The Balaban J connectivity index is 2.13. The number of nitrogens with one attached hydrogen (secondary N) is 2. The highest BCUT2D eigenvalue weighted by atomic mass is 32.2. The number of carbonyl (C=O) groups is 2. The molecule has 2 aromatic rings. The van der Waals surface area contributed by atoms with Gasteiger partial charge in [0.05, 0.1) is 25.0 Å². The molecule has 1 aromatic heterocycles. The van der Waals surface area contributed by atoms with Crippen LogP contribution in [0.1, 0.15) is 56.4 Å². The third-order valence-electron chi connectivity index (χ3n) is 4.30. The number of hydrogen-bond acceptors (Lipinski definition) is 6. The number of anilines is 1. The van der Waals surface area contributed by atoms with Crippen LogP contribution in [0.5, 0.6) is 0 Å². The third-order valence-corrected chi connectivity index (χ3v) is 5.18. The number of carbonyl (C=O) groups excluding carboxylic acids is 2. The lowest BCUT2D eigenvalue weighted by Gasteiger charge is -2.20. The fourth-order valence-electron chi connectivity index (χ4n) is 2.87. The smallest absolute Gasteiger partial charge is 0.311 e. The number of amides is 1. The van der Waals surface area contributed by atoms with Crippen molar-refractivity contribution >= 4 is 29.3 Å². The Morgan fingerprint density at radius 1 is 1.17 bits per heavy atom. The van der Waals surface area contributed by atoms with E-state index in [2.05, 4.69) is 47.7 Å². The standard InChI is InChI=1S/C21H27N3O4S/c1-12(2)15-7-6-8-16(13(3)4)20(15)23-18(26)11-29-21-22-14(9-17(25)24-21)10-19(27)28-5/h6-9,12-13H,10-11H2,1-5H3,(H,23,26)(H,22,24,25). The number of thioether (sulfide) groups is 1. The molecule has 2 rings (SSSR count). The van der Waals surface area contributed by atoms with E-state index in [0.717, 1.165) is 28.6 Å². The largest absolute Gasteiger partial charge is 0.469 e. The van der Waals surface area contributed by atoms with Gasteiger partial charge in [-0.25, -0.2) is 4.98 Å². The van der Waals surface area contributed by atoms with Crippen molar-refractivity contribution in [3.8, 4) is 0 Å². The molecule has 0 saturated heterocycles. The first kappa shape index (κ1) is 22.7. The third kappa shape index (κ3) is 6.45. The molecule has 156 valence electrons. The zero-order valence-corrected chi connectivity index (χ0v) is 18.2. The molecule has 0 aliphatic heterocycles. The molecule has 7 nitrogen and oxygen atoms in total. The zero-order chi connectivity index (χ0) is 21.6. The number of hydrogen-bond donors (Lipinski definition) is 2. The highest BCUT2D eigenvalue weighted by Crippen LogP contribution is 2.32. The molecule has 1 heterocycles. The van der Waals surface area contributed by atoms with Crippen molar-refractivity contribution in [2.24, 2.45) is 0 Å². The average Bonchev–Trinajstić information content (AvgIpc) is 2.65. The number of rotatable bonds is 8. The van der Waals surface area contributed by atoms with E-state index in [1.165, 1.54) is 13.2 Å². The molecule has 8 heteroatoms. The van der Waals surface area contributed by atoms with Gasteiger partial charge in [-0.2, -0.15) is 0 Å². The number of benzene rings is 1. The van der Waals surface area contributed by atoms with Crippen LogP contribution < -0.4 is 10.9 Å². The van der Waals surface area contributed by atoms with Crippen LogP contribution in [0, 0.1) is 0 Å². The molecule has 0 bridgehead atoms. The molecule has 0 aliphatic carbocycles. The first-order valence-electron chi connectivity index (χ1n) is 9.43. The van der Waals surface area contributed by atoms with Crippen molar-refractivity contribution in [1.29, 1.82) is 0 Å². The zero-order valence-electron chi connectivity index (χ0n) is 17.4. The maximum atomic E-state index is 12.6. The molecule has 1 amide bonds. The lowest BCUT2D eigenvalue weighted by atomic mass is 9.92. The molecule has 2 N–H and O–H groups in total. The number of para-hydroxylation sites is 1. The van der Waals surface area contributed by atoms with Gasteiger partial charge in [-0.1, -0.05) is 57.7 Å². The predicted molar refractivity (Wildman–Crippen MR) is 115 cm³/mol. The molecule has 29 heavy (non-hydrogen) atoms. The Labute approximate surface area is 174 Å². The SMILES string of the molecule is COC(=O)Cc1cc(=O)[nH]c(SCC(=O)Nc2c(C(C)C)cccc2C(C)C)n1. The summed E-state index contributed by atoms with van der Waals surface area (Å²) in [7, 11) is 1.27.